The predicted octanol–water partition coefficient (Wildman–Crippen LogP) is 7.80. The Bertz CT molecular complexity index is 1700. The van der Waals surface area contributed by atoms with Crippen LogP contribution >= 0.6 is 34.3 Å². The molecule has 208 valence electrons. The number of aromatic nitrogens is 2. The van der Waals surface area contributed by atoms with Crippen LogP contribution < -0.4 is 5.73 Å². The summed E-state index contributed by atoms with van der Waals surface area (Å²) in [5.74, 6) is -1.31. The Hall–Kier alpha value is -5.06. The van der Waals surface area contributed by atoms with Gasteiger partial charge in [-0.05, 0) is 72.8 Å². The van der Waals surface area contributed by atoms with Crippen LogP contribution in [0.1, 0.15) is 26.5 Å². The highest BCUT2D eigenvalue weighted by atomic mass is 35.5. The van der Waals surface area contributed by atoms with E-state index < -0.39 is 0 Å². The van der Waals surface area contributed by atoms with Gasteiger partial charge in [0.1, 0.15) is 50.7 Å². The average molecular weight is 621 g/mol. The van der Waals surface area contributed by atoms with Crippen LogP contribution in [0.3, 0.4) is 0 Å². The molecule has 0 amide bonds. The van der Waals surface area contributed by atoms with E-state index in [9.17, 15) is 18.0 Å². The molecule has 7 nitrogen and oxygen atoms in total. The molecule has 0 aliphatic heterocycles. The van der Waals surface area contributed by atoms with Crippen LogP contribution in [-0.4, -0.2) is 15.8 Å². The highest BCUT2D eigenvalue weighted by molar-refractivity contribution is 7.16. The third-order valence-electron chi connectivity index (χ3n) is 5.09. The number of anilines is 1. The number of carbonyl (C=O) groups is 1. The second-order valence-corrected chi connectivity index (χ2v) is 10.5. The Morgan fingerprint density at radius 3 is 1.62 bits per heavy atom. The van der Waals surface area contributed by atoms with Gasteiger partial charge in [0.05, 0.1) is 12.5 Å². The lowest BCUT2D eigenvalue weighted by Gasteiger charge is -1.96. The molecule has 0 aliphatic carbocycles. The van der Waals surface area contributed by atoms with Gasteiger partial charge in [-0.1, -0.05) is 34.3 Å². The van der Waals surface area contributed by atoms with Crippen LogP contribution in [0, 0.1) is 51.4 Å². The van der Waals surface area contributed by atoms with Crippen molar-refractivity contribution in [3.05, 3.63) is 110 Å². The lowest BCUT2D eigenvalue weighted by atomic mass is 10.1. The van der Waals surface area contributed by atoms with Gasteiger partial charge in [0.15, 0.2) is 15.4 Å². The Balaban J connectivity index is 0.000000174. The summed E-state index contributed by atoms with van der Waals surface area (Å²) in [5, 5.41) is 26.2. The number of halogens is 4. The average Bonchev–Trinajstić information content (AvgIpc) is 3.56. The minimum atomic E-state index is -0.386. The molecule has 2 N–H and O–H groups in total. The van der Waals surface area contributed by atoms with Crippen LogP contribution in [0.5, 0.6) is 0 Å². The van der Waals surface area contributed by atoms with Crippen LogP contribution in [0.15, 0.2) is 72.8 Å². The predicted molar refractivity (Wildman–Crippen MR) is 155 cm³/mol. The summed E-state index contributed by atoms with van der Waals surface area (Å²) < 4.78 is 38.0. The number of Topliss-reactive ketones (excluding diaryl/α,β-unsaturated/α-hetero) is 1. The fraction of sp³-hybridized carbons (Fsp3) is 0.0345. The van der Waals surface area contributed by atoms with E-state index in [4.69, 9.17) is 33.1 Å². The van der Waals surface area contributed by atoms with Gasteiger partial charge in [-0.3, -0.25) is 4.79 Å². The molecular formula is C29H16ClF3N6OS2. The van der Waals surface area contributed by atoms with E-state index in [-0.39, 0.29) is 29.7 Å². The molecule has 0 saturated carbocycles. The third kappa shape index (κ3) is 8.72. The van der Waals surface area contributed by atoms with Gasteiger partial charge >= 0.3 is 0 Å². The molecule has 0 saturated heterocycles. The van der Waals surface area contributed by atoms with Gasteiger partial charge in [0.25, 0.3) is 0 Å². The first-order valence-electron chi connectivity index (χ1n) is 11.6. The smallest absolute Gasteiger partial charge is 0.185 e. The van der Waals surface area contributed by atoms with Crippen molar-refractivity contribution in [3.8, 4) is 40.7 Å². The number of benzene rings is 3. The van der Waals surface area contributed by atoms with Crippen molar-refractivity contribution in [1.29, 1.82) is 15.8 Å². The molecule has 0 spiro atoms. The zero-order valence-electron chi connectivity index (χ0n) is 21.2. The lowest BCUT2D eigenvalue weighted by molar-refractivity contribution is 0.0997. The van der Waals surface area contributed by atoms with Gasteiger partial charge in [-0.2, -0.15) is 15.8 Å². The summed E-state index contributed by atoms with van der Waals surface area (Å²) in [6.07, 6.45) is -0.161. The van der Waals surface area contributed by atoms with Crippen LogP contribution in [-0.2, 0) is 0 Å². The number of rotatable bonds is 4. The van der Waals surface area contributed by atoms with Crippen molar-refractivity contribution < 1.29 is 18.0 Å². The first-order valence-corrected chi connectivity index (χ1v) is 13.6. The summed E-state index contributed by atoms with van der Waals surface area (Å²) in [6.45, 7) is 0. The van der Waals surface area contributed by atoms with Crippen molar-refractivity contribution in [1.82, 2.24) is 9.97 Å². The summed E-state index contributed by atoms with van der Waals surface area (Å²) in [7, 11) is 0. The van der Waals surface area contributed by atoms with E-state index in [1.54, 1.807) is 30.3 Å². The number of nitrogen functional groups attached to an aromatic ring is 1. The summed E-state index contributed by atoms with van der Waals surface area (Å²) in [6, 6.07) is 22.5. The van der Waals surface area contributed by atoms with E-state index in [0.29, 0.717) is 47.4 Å². The van der Waals surface area contributed by atoms with Crippen molar-refractivity contribution in [2.24, 2.45) is 0 Å². The fourth-order valence-corrected chi connectivity index (χ4v) is 4.78. The molecule has 13 heteroatoms. The summed E-state index contributed by atoms with van der Waals surface area (Å²) >= 11 is 7.95. The first-order chi connectivity index (χ1) is 20.1. The second-order valence-electron chi connectivity index (χ2n) is 7.88. The van der Waals surface area contributed by atoms with Crippen molar-refractivity contribution in [2.75, 3.05) is 5.73 Å². The summed E-state index contributed by atoms with van der Waals surface area (Å²) in [5.41, 5.74) is 8.28. The number of carbonyl (C=O) groups excluding carboxylic acids is 1. The van der Waals surface area contributed by atoms with E-state index in [1.165, 1.54) is 48.5 Å². The third-order valence-corrected chi connectivity index (χ3v) is 6.94. The van der Waals surface area contributed by atoms with E-state index in [1.807, 2.05) is 12.1 Å². The Kier molecular flexibility index (Phi) is 11.3. The van der Waals surface area contributed by atoms with E-state index >= 15 is 0 Å². The Labute approximate surface area is 251 Å². The quantitative estimate of drug-likeness (QED) is 0.202. The van der Waals surface area contributed by atoms with Crippen LogP contribution in [0.2, 0.25) is 4.47 Å². The Morgan fingerprint density at radius 2 is 1.17 bits per heavy atom. The molecule has 2 heterocycles. The van der Waals surface area contributed by atoms with Gasteiger partial charge in [-0.25, -0.2) is 23.1 Å². The van der Waals surface area contributed by atoms with Crippen molar-refractivity contribution in [2.45, 2.75) is 6.42 Å². The fourth-order valence-electron chi connectivity index (χ4n) is 3.20. The number of nitrogens with zero attached hydrogens (tertiary/aromatic N) is 5. The molecule has 5 rings (SSSR count). The van der Waals surface area contributed by atoms with E-state index in [0.717, 1.165) is 22.7 Å². The highest BCUT2D eigenvalue weighted by Gasteiger charge is 2.12. The highest BCUT2D eigenvalue weighted by Crippen LogP contribution is 2.30. The molecule has 0 atom stereocenters. The lowest BCUT2D eigenvalue weighted by Crippen LogP contribution is -1.96. The second kappa shape index (κ2) is 15.1. The van der Waals surface area contributed by atoms with Gasteiger partial charge in [0.2, 0.25) is 0 Å². The number of nitriles is 3. The summed E-state index contributed by atoms with van der Waals surface area (Å²) in [4.78, 5) is 19.9. The maximum Gasteiger partial charge on any atom is 0.185 e. The normalized spacial score (nSPS) is 9.64. The zero-order chi connectivity index (χ0) is 30.6. The van der Waals surface area contributed by atoms with E-state index in [2.05, 4.69) is 9.97 Å². The molecular weight excluding hydrogens is 605 g/mol. The topological polar surface area (TPSA) is 140 Å². The van der Waals surface area contributed by atoms with Crippen molar-refractivity contribution >= 4 is 45.2 Å². The van der Waals surface area contributed by atoms with Crippen molar-refractivity contribution in [3.63, 3.8) is 0 Å². The van der Waals surface area contributed by atoms with Gasteiger partial charge in [-0.15, -0.1) is 0 Å². The number of thiazole rings is 2. The van der Waals surface area contributed by atoms with Gasteiger partial charge < -0.3 is 5.73 Å². The molecule has 0 unspecified atom stereocenters. The standard InChI is InChI=1S/C10H4ClFN2S.C10H6FN3S.C9H6FNO/c11-10-14-9(8(5-13)15-10)6-1-3-7(12)4-2-6;11-7-3-1-6(2-4-7)9-8(5-12)15-10(13)14-9;10-8-3-1-7(2-4-8)9(12)5-6-11/h1-4H;1-4H,(H2,13,14);1-4H,5H2. The Morgan fingerprint density at radius 1 is 0.738 bits per heavy atom. The first kappa shape index (κ1) is 31.5. The number of hydrogen-bond donors (Lipinski definition) is 1. The number of hydrogen-bond acceptors (Lipinski definition) is 9. The molecule has 0 aliphatic rings. The monoisotopic (exact) mass is 620 g/mol. The molecule has 3 aromatic carbocycles. The van der Waals surface area contributed by atoms with Crippen LogP contribution in [0.25, 0.3) is 22.5 Å². The molecule has 42 heavy (non-hydrogen) atoms. The molecule has 0 radical (unpaired) electrons. The molecule has 0 fully saturated rings. The minimum absolute atomic E-state index is 0.161. The van der Waals surface area contributed by atoms with Crippen LogP contribution in [0.4, 0.5) is 18.3 Å². The maximum absolute atomic E-state index is 12.7. The number of nitrogens with two attached hydrogens (primary N) is 1. The molecule has 5 aromatic rings. The maximum atomic E-state index is 12.7. The SMILES string of the molecule is N#CCC(=O)c1ccc(F)cc1.N#Cc1sc(Cl)nc1-c1ccc(F)cc1.N#Cc1sc(N)nc1-c1ccc(F)cc1. The largest absolute Gasteiger partial charge is 0.375 e. The minimum Gasteiger partial charge on any atom is -0.375 e. The molecule has 2 aromatic heterocycles. The van der Waals surface area contributed by atoms with Gasteiger partial charge in [0, 0.05) is 16.7 Å². The molecule has 0 bridgehead atoms. The number of ketones is 1. The zero-order valence-corrected chi connectivity index (χ0v) is 23.6.